The minimum atomic E-state index is -0.742. The molecule has 4 fully saturated rings. The summed E-state index contributed by atoms with van der Waals surface area (Å²) in [6.07, 6.45) is 20.8. The van der Waals surface area contributed by atoms with Crippen LogP contribution in [0.15, 0.2) is 0 Å². The number of nitrogens with one attached hydrogen (secondary N) is 1. The van der Waals surface area contributed by atoms with E-state index in [0.29, 0.717) is 48.3 Å². The summed E-state index contributed by atoms with van der Waals surface area (Å²) in [5, 5.41) is 36.0. The minimum Gasteiger partial charge on any atom is -0.481 e. The third-order valence-electron chi connectivity index (χ3n) is 14.5. The second-order valence-corrected chi connectivity index (χ2v) is 16.8. The molecule has 4 aliphatic rings. The first-order chi connectivity index (χ1) is 21.5. The minimum absolute atomic E-state index is 0.116. The Labute approximate surface area is 275 Å². The van der Waals surface area contributed by atoms with E-state index in [0.717, 1.165) is 51.4 Å². The Bertz CT molecular complexity index is 956. The molecule has 45 heavy (non-hydrogen) atoms. The molecule has 0 heterocycles. The first-order valence-electron chi connectivity index (χ1n) is 19.3. The van der Waals surface area contributed by atoms with E-state index in [2.05, 4.69) is 33.0 Å². The van der Waals surface area contributed by atoms with Gasteiger partial charge in [-0.25, -0.2) is 0 Å². The van der Waals surface area contributed by atoms with Crippen molar-refractivity contribution in [1.29, 1.82) is 0 Å². The van der Waals surface area contributed by atoms with Gasteiger partial charge in [0.15, 0.2) is 0 Å². The second-order valence-electron chi connectivity index (χ2n) is 16.8. The first-order valence-corrected chi connectivity index (χ1v) is 19.3. The fourth-order valence-electron chi connectivity index (χ4n) is 11.7. The van der Waals surface area contributed by atoms with Crippen molar-refractivity contribution in [3.8, 4) is 0 Å². The van der Waals surface area contributed by atoms with Gasteiger partial charge in [0.25, 0.3) is 0 Å². The lowest BCUT2D eigenvalue weighted by molar-refractivity contribution is -0.205. The summed E-state index contributed by atoms with van der Waals surface area (Å²) in [6.45, 7) is 9.19. The van der Waals surface area contributed by atoms with Gasteiger partial charge in [0, 0.05) is 19.9 Å². The maximum absolute atomic E-state index is 12.6. The van der Waals surface area contributed by atoms with Crippen LogP contribution in [0.2, 0.25) is 0 Å². The molecule has 1 amide bonds. The van der Waals surface area contributed by atoms with Crippen molar-refractivity contribution in [2.75, 3.05) is 7.05 Å². The summed E-state index contributed by atoms with van der Waals surface area (Å²) in [7, 11) is 1.76. The molecule has 0 spiro atoms. The molecule has 4 rings (SSSR count). The molecule has 4 N–H and O–H groups in total. The van der Waals surface area contributed by atoms with Crippen LogP contribution < -0.4 is 5.32 Å². The van der Waals surface area contributed by atoms with Crippen molar-refractivity contribution in [1.82, 2.24) is 5.32 Å². The molecular formula is C39H69NO5. The molecule has 4 saturated carbocycles. The fraction of sp³-hybridized carbons (Fsp3) is 0.949. The van der Waals surface area contributed by atoms with Gasteiger partial charge < -0.3 is 20.6 Å². The highest BCUT2D eigenvalue weighted by Gasteiger charge is 2.65. The van der Waals surface area contributed by atoms with Crippen molar-refractivity contribution < 1.29 is 24.9 Å². The predicted octanol–water partition coefficient (Wildman–Crippen LogP) is 8.38. The van der Waals surface area contributed by atoms with Crippen LogP contribution in [0.5, 0.6) is 0 Å². The molecule has 0 aliphatic heterocycles. The molecule has 6 nitrogen and oxygen atoms in total. The van der Waals surface area contributed by atoms with Gasteiger partial charge in [0.05, 0.1) is 12.2 Å². The van der Waals surface area contributed by atoms with Crippen molar-refractivity contribution >= 4 is 11.9 Å². The van der Waals surface area contributed by atoms with Gasteiger partial charge in [0.1, 0.15) is 0 Å². The topological polar surface area (TPSA) is 107 Å². The highest BCUT2D eigenvalue weighted by atomic mass is 16.4. The molecule has 0 radical (unpaired) electrons. The number of carboxylic acid groups (broad SMARTS) is 1. The zero-order valence-corrected chi connectivity index (χ0v) is 29.6. The van der Waals surface area contributed by atoms with E-state index in [1.165, 1.54) is 57.8 Å². The third-order valence-corrected chi connectivity index (χ3v) is 14.5. The van der Waals surface area contributed by atoms with Crippen molar-refractivity contribution in [3.63, 3.8) is 0 Å². The van der Waals surface area contributed by atoms with E-state index in [4.69, 9.17) is 0 Å². The van der Waals surface area contributed by atoms with Gasteiger partial charge in [-0.05, 0) is 116 Å². The van der Waals surface area contributed by atoms with Crippen LogP contribution in [0.3, 0.4) is 0 Å². The summed E-state index contributed by atoms with van der Waals surface area (Å²) in [5.41, 5.74) is -0.139. The average molecular weight is 632 g/mol. The Kier molecular flexibility index (Phi) is 13.3. The Balaban J connectivity index is 1.39. The van der Waals surface area contributed by atoms with Crippen molar-refractivity contribution in [2.24, 2.45) is 58.2 Å². The number of unbranched alkanes of at least 4 members (excludes halogenated alkanes) is 8. The predicted molar refractivity (Wildman–Crippen MR) is 182 cm³/mol. The summed E-state index contributed by atoms with van der Waals surface area (Å²) >= 11 is 0. The number of carbonyl (C=O) groups is 2. The molecule has 0 bridgehead atoms. The second kappa shape index (κ2) is 16.3. The zero-order valence-electron chi connectivity index (χ0n) is 29.6. The maximum Gasteiger partial charge on any atom is 0.303 e. The van der Waals surface area contributed by atoms with Crippen LogP contribution in [0.4, 0.5) is 0 Å². The molecule has 260 valence electrons. The summed E-state index contributed by atoms with van der Waals surface area (Å²) in [4.78, 5) is 23.9. The van der Waals surface area contributed by atoms with Gasteiger partial charge in [-0.2, -0.15) is 0 Å². The largest absolute Gasteiger partial charge is 0.481 e. The number of hydrogen-bond donors (Lipinski definition) is 4. The fourth-order valence-corrected chi connectivity index (χ4v) is 11.7. The third kappa shape index (κ3) is 8.12. The van der Waals surface area contributed by atoms with Crippen LogP contribution in [0.25, 0.3) is 0 Å². The lowest BCUT2D eigenvalue weighted by Crippen LogP contribution is -2.62. The van der Waals surface area contributed by atoms with E-state index in [9.17, 15) is 24.9 Å². The molecule has 0 aromatic carbocycles. The number of aliphatic hydroxyl groups excluding tert-OH is 2. The van der Waals surface area contributed by atoms with Gasteiger partial charge in [-0.15, -0.1) is 0 Å². The van der Waals surface area contributed by atoms with Crippen LogP contribution in [0.1, 0.15) is 156 Å². The lowest BCUT2D eigenvalue weighted by atomic mass is 9.42. The molecular weight excluding hydrogens is 562 g/mol. The number of carbonyl (C=O) groups excluding carboxylic acids is 1. The quantitative estimate of drug-likeness (QED) is 0.121. The number of amides is 1. The highest BCUT2D eigenvalue weighted by Crippen LogP contribution is 2.69. The maximum atomic E-state index is 12.6. The summed E-state index contributed by atoms with van der Waals surface area (Å²) in [6, 6.07) is 0. The van der Waals surface area contributed by atoms with Crippen LogP contribution in [0, 0.1) is 58.2 Å². The monoisotopic (exact) mass is 632 g/mol. The Morgan fingerprint density at radius 3 is 2.18 bits per heavy atom. The zero-order chi connectivity index (χ0) is 32.8. The van der Waals surface area contributed by atoms with Crippen molar-refractivity contribution in [2.45, 2.75) is 168 Å². The Hall–Kier alpha value is -1.14. The molecule has 5 unspecified atom stereocenters. The molecule has 12 atom stereocenters. The number of aliphatic hydroxyl groups is 2. The Morgan fingerprint density at radius 1 is 0.867 bits per heavy atom. The smallest absolute Gasteiger partial charge is 0.303 e. The van der Waals surface area contributed by atoms with E-state index < -0.39 is 12.1 Å². The summed E-state index contributed by atoms with van der Waals surface area (Å²) < 4.78 is 0. The molecule has 0 saturated heterocycles. The van der Waals surface area contributed by atoms with Gasteiger partial charge in [0.2, 0.25) is 5.91 Å². The Morgan fingerprint density at radius 2 is 1.53 bits per heavy atom. The van der Waals surface area contributed by atoms with Crippen LogP contribution in [-0.2, 0) is 9.59 Å². The number of carboxylic acids is 1. The summed E-state index contributed by atoms with van der Waals surface area (Å²) in [5.74, 6) is 2.19. The number of fused-ring (bicyclic) bond motifs is 5. The van der Waals surface area contributed by atoms with E-state index in [1.807, 2.05) is 0 Å². The number of hydrogen-bond acceptors (Lipinski definition) is 4. The van der Waals surface area contributed by atoms with E-state index in [-0.39, 0.29) is 41.1 Å². The van der Waals surface area contributed by atoms with Crippen LogP contribution in [-0.4, -0.2) is 46.5 Å². The van der Waals surface area contributed by atoms with Gasteiger partial charge >= 0.3 is 5.97 Å². The van der Waals surface area contributed by atoms with E-state index in [1.54, 1.807) is 7.05 Å². The van der Waals surface area contributed by atoms with Crippen molar-refractivity contribution in [3.05, 3.63) is 0 Å². The number of rotatable bonds is 17. The highest BCUT2D eigenvalue weighted by molar-refractivity contribution is 5.75. The normalized spacial score (nSPS) is 38.9. The SMILES string of the molecule is CCCCCCCCCCC[C@H](CC(=O)NC)C1CC[C@@]2(C)C(C1)C[C@@H](O)C1C2C[C@H](O)[C@@]2(C)C1CC[C@@H]2[C@H](C)CCC(=O)O. The standard InChI is InChI=1S/C39H69NO5/c1-6-7-8-9-10-11-12-13-14-15-27(23-35(43)40-5)28-20-21-38(3)29(22-28)24-33(41)37-31-18-17-30(26(2)16-19-36(44)45)39(31,4)34(42)25-32(37)38/h26-34,37,41-42H,6-25H2,1-5H3,(H,40,43)(H,44,45)/t26-,27-,28?,29?,30-,31?,32?,33-,34+,37?,38+,39-/m1/s1. The number of aliphatic carboxylic acids is 1. The molecule has 0 aromatic heterocycles. The first kappa shape index (κ1) is 36.7. The van der Waals surface area contributed by atoms with Gasteiger partial charge in [-0.3, -0.25) is 9.59 Å². The lowest BCUT2D eigenvalue weighted by Gasteiger charge is -2.64. The van der Waals surface area contributed by atoms with Crippen LogP contribution >= 0.6 is 0 Å². The van der Waals surface area contributed by atoms with E-state index >= 15 is 0 Å². The average Bonchev–Trinajstić information content (AvgIpc) is 3.37. The molecule has 0 aromatic rings. The molecule has 6 heteroatoms. The van der Waals surface area contributed by atoms with Gasteiger partial charge in [-0.1, -0.05) is 85.5 Å². The molecule has 4 aliphatic carbocycles.